The van der Waals surface area contributed by atoms with E-state index >= 15 is 0 Å². The number of aromatic nitrogens is 1. The van der Waals surface area contributed by atoms with Crippen molar-refractivity contribution in [3.63, 3.8) is 0 Å². The molecular weight excluding hydrogens is 440 g/mol. The zero-order valence-electron chi connectivity index (χ0n) is 19.1. The van der Waals surface area contributed by atoms with Gasteiger partial charge in [0.15, 0.2) is 5.13 Å². The molecule has 9 heteroatoms. The van der Waals surface area contributed by atoms with E-state index in [1.54, 1.807) is 31.2 Å². The fourth-order valence-corrected chi connectivity index (χ4v) is 4.82. The van der Waals surface area contributed by atoms with E-state index in [1.807, 2.05) is 31.2 Å². The van der Waals surface area contributed by atoms with Crippen molar-refractivity contribution < 1.29 is 19.1 Å². The summed E-state index contributed by atoms with van der Waals surface area (Å²) in [5.74, 6) is 0.527. The summed E-state index contributed by atoms with van der Waals surface area (Å²) in [6.45, 7) is 5.35. The lowest BCUT2D eigenvalue weighted by Crippen LogP contribution is -2.36. The fraction of sp³-hybridized carbons (Fsp3) is 0.375. The van der Waals surface area contributed by atoms with Gasteiger partial charge in [-0.25, -0.2) is 4.98 Å². The number of nitrogens with zero attached hydrogens (tertiary/aromatic N) is 3. The van der Waals surface area contributed by atoms with Crippen molar-refractivity contribution >= 4 is 44.2 Å². The van der Waals surface area contributed by atoms with Gasteiger partial charge in [0.1, 0.15) is 11.3 Å². The lowest BCUT2D eigenvalue weighted by Gasteiger charge is -2.29. The molecule has 33 heavy (non-hydrogen) atoms. The molecule has 0 unspecified atom stereocenters. The molecule has 1 aliphatic rings. The summed E-state index contributed by atoms with van der Waals surface area (Å²) in [5.41, 5.74) is 3.31. The van der Waals surface area contributed by atoms with Gasteiger partial charge in [0, 0.05) is 38.7 Å². The summed E-state index contributed by atoms with van der Waals surface area (Å²) >= 11 is 1.44. The van der Waals surface area contributed by atoms with E-state index in [9.17, 15) is 9.59 Å². The highest BCUT2D eigenvalue weighted by molar-refractivity contribution is 7.23. The number of fused-ring (bicyclic) bond motifs is 1. The van der Waals surface area contributed by atoms with E-state index in [1.165, 1.54) is 11.3 Å². The number of carbonyl (C=O) groups is 2. The molecule has 1 saturated heterocycles. The largest absolute Gasteiger partial charge is 0.494 e. The third-order valence-electron chi connectivity index (χ3n) is 5.64. The van der Waals surface area contributed by atoms with Gasteiger partial charge in [0.25, 0.3) is 5.91 Å². The second kappa shape index (κ2) is 10.2. The summed E-state index contributed by atoms with van der Waals surface area (Å²) < 4.78 is 12.0. The Kier molecular flexibility index (Phi) is 7.10. The summed E-state index contributed by atoms with van der Waals surface area (Å²) in [6.07, 6.45) is 0.469. The average molecular weight is 469 g/mol. The maximum atomic E-state index is 12.9. The number of ether oxygens (including phenoxy) is 2. The van der Waals surface area contributed by atoms with Gasteiger partial charge in [0.2, 0.25) is 5.91 Å². The van der Waals surface area contributed by atoms with Crippen molar-refractivity contribution in [2.75, 3.05) is 50.7 Å². The molecule has 0 bridgehead atoms. The van der Waals surface area contributed by atoms with Crippen molar-refractivity contribution in [1.82, 2.24) is 9.88 Å². The smallest absolute Gasteiger partial charge is 0.257 e. The Hall–Kier alpha value is -3.17. The van der Waals surface area contributed by atoms with Gasteiger partial charge < -0.3 is 19.3 Å². The van der Waals surface area contributed by atoms with E-state index in [2.05, 4.69) is 15.2 Å². The zero-order valence-corrected chi connectivity index (χ0v) is 19.9. The Bertz CT molecular complexity index is 1140. The van der Waals surface area contributed by atoms with Crippen LogP contribution in [0, 0.1) is 0 Å². The monoisotopic (exact) mass is 468 g/mol. The Morgan fingerprint density at radius 2 is 1.91 bits per heavy atom. The SMILES string of the molecule is CCC(=O)N(C)Cc1ccc(C(=O)Nc2nc3c(OC)ccc(N4CCOCC4)c3s2)cc1. The maximum absolute atomic E-state index is 12.9. The Morgan fingerprint density at radius 1 is 1.18 bits per heavy atom. The molecule has 2 aromatic carbocycles. The van der Waals surface area contributed by atoms with Crippen LogP contribution in [0.4, 0.5) is 10.8 Å². The second-order valence-corrected chi connectivity index (χ2v) is 8.84. The van der Waals surface area contributed by atoms with Crippen molar-refractivity contribution in [3.05, 3.63) is 47.5 Å². The van der Waals surface area contributed by atoms with Gasteiger partial charge >= 0.3 is 0 Å². The number of benzene rings is 2. The van der Waals surface area contributed by atoms with Crippen LogP contribution in [-0.4, -0.2) is 62.2 Å². The number of hydrogen-bond acceptors (Lipinski definition) is 7. The minimum absolute atomic E-state index is 0.0829. The second-order valence-electron chi connectivity index (χ2n) is 7.84. The molecule has 0 spiro atoms. The highest BCUT2D eigenvalue weighted by atomic mass is 32.1. The van der Waals surface area contributed by atoms with Crippen LogP contribution in [-0.2, 0) is 16.1 Å². The molecule has 1 aliphatic heterocycles. The average Bonchev–Trinajstić information content (AvgIpc) is 3.27. The van der Waals surface area contributed by atoms with E-state index in [0.29, 0.717) is 42.6 Å². The summed E-state index contributed by atoms with van der Waals surface area (Å²) in [4.78, 5) is 33.2. The van der Waals surface area contributed by atoms with Crippen molar-refractivity contribution in [3.8, 4) is 5.75 Å². The number of hydrogen-bond donors (Lipinski definition) is 1. The van der Waals surface area contributed by atoms with Gasteiger partial charge in [-0.1, -0.05) is 30.4 Å². The lowest BCUT2D eigenvalue weighted by molar-refractivity contribution is -0.130. The zero-order chi connectivity index (χ0) is 23.4. The van der Waals surface area contributed by atoms with Crippen LogP contribution in [0.25, 0.3) is 10.2 Å². The molecule has 0 saturated carbocycles. The third kappa shape index (κ3) is 5.09. The molecule has 8 nitrogen and oxygen atoms in total. The first-order chi connectivity index (χ1) is 16.0. The number of rotatable bonds is 7. The number of thiazole rings is 1. The quantitative estimate of drug-likeness (QED) is 0.568. The summed E-state index contributed by atoms with van der Waals surface area (Å²) in [7, 11) is 3.40. The van der Waals surface area contributed by atoms with Crippen LogP contribution in [0.5, 0.6) is 5.75 Å². The van der Waals surface area contributed by atoms with E-state index in [0.717, 1.165) is 34.6 Å². The van der Waals surface area contributed by atoms with E-state index in [4.69, 9.17) is 9.47 Å². The topological polar surface area (TPSA) is 84.0 Å². The molecule has 4 rings (SSSR count). The molecule has 1 fully saturated rings. The van der Waals surface area contributed by atoms with Crippen LogP contribution in [0.3, 0.4) is 0 Å². The van der Waals surface area contributed by atoms with Crippen molar-refractivity contribution in [2.45, 2.75) is 19.9 Å². The highest BCUT2D eigenvalue weighted by Crippen LogP contribution is 2.39. The summed E-state index contributed by atoms with van der Waals surface area (Å²) in [5, 5.41) is 3.44. The minimum atomic E-state index is -0.231. The lowest BCUT2D eigenvalue weighted by atomic mass is 10.1. The van der Waals surface area contributed by atoms with Gasteiger partial charge in [-0.3, -0.25) is 14.9 Å². The first-order valence-corrected chi connectivity index (χ1v) is 11.8. The molecule has 0 radical (unpaired) electrons. The first kappa shape index (κ1) is 23.0. The molecule has 2 heterocycles. The van der Waals surface area contributed by atoms with E-state index in [-0.39, 0.29) is 11.8 Å². The van der Waals surface area contributed by atoms with Crippen LogP contribution in [0.15, 0.2) is 36.4 Å². The normalized spacial score (nSPS) is 13.7. The molecule has 0 aliphatic carbocycles. The predicted molar refractivity (Wildman–Crippen MR) is 130 cm³/mol. The molecule has 2 amide bonds. The third-order valence-corrected chi connectivity index (χ3v) is 6.64. The number of amides is 2. The van der Waals surface area contributed by atoms with E-state index < -0.39 is 0 Å². The van der Waals surface area contributed by atoms with Gasteiger partial charge in [-0.15, -0.1) is 0 Å². The maximum Gasteiger partial charge on any atom is 0.257 e. The number of morpholine rings is 1. The van der Waals surface area contributed by atoms with Crippen LogP contribution in [0.1, 0.15) is 29.3 Å². The number of methoxy groups -OCH3 is 1. The predicted octanol–water partition coefficient (Wildman–Crippen LogP) is 3.76. The molecule has 1 aromatic heterocycles. The van der Waals surface area contributed by atoms with Crippen molar-refractivity contribution in [2.24, 2.45) is 0 Å². The molecule has 1 N–H and O–H groups in total. The standard InChI is InChI=1S/C24H28N4O4S/c1-4-20(29)27(2)15-16-5-7-17(8-6-16)23(30)26-24-25-21-19(31-3)10-9-18(22(21)33-24)28-11-13-32-14-12-28/h5-10H,4,11-15H2,1-3H3,(H,25,26,30). The molecule has 174 valence electrons. The minimum Gasteiger partial charge on any atom is -0.494 e. The van der Waals surface area contributed by atoms with Gasteiger partial charge in [-0.05, 0) is 29.8 Å². The number of nitrogens with one attached hydrogen (secondary N) is 1. The van der Waals surface area contributed by atoms with Gasteiger partial charge in [-0.2, -0.15) is 0 Å². The molecule has 3 aromatic rings. The van der Waals surface area contributed by atoms with Crippen LogP contribution >= 0.6 is 11.3 Å². The first-order valence-electron chi connectivity index (χ1n) is 10.9. The van der Waals surface area contributed by atoms with Gasteiger partial charge in [0.05, 0.1) is 30.7 Å². The molecular formula is C24H28N4O4S. The highest BCUT2D eigenvalue weighted by Gasteiger charge is 2.20. The van der Waals surface area contributed by atoms with Crippen LogP contribution in [0.2, 0.25) is 0 Å². The fourth-order valence-electron chi connectivity index (χ4n) is 3.80. The number of anilines is 2. The van der Waals surface area contributed by atoms with Crippen molar-refractivity contribution in [1.29, 1.82) is 0 Å². The molecule has 0 atom stereocenters. The van der Waals surface area contributed by atoms with Crippen LogP contribution < -0.4 is 15.0 Å². The Balaban J connectivity index is 1.52. The Labute approximate surface area is 197 Å². The summed E-state index contributed by atoms with van der Waals surface area (Å²) in [6, 6.07) is 11.2. The Morgan fingerprint density at radius 3 is 2.58 bits per heavy atom. The number of carbonyl (C=O) groups excluding carboxylic acids is 2.